The van der Waals surface area contributed by atoms with E-state index in [1.54, 1.807) is 6.26 Å². The van der Waals surface area contributed by atoms with E-state index in [-0.39, 0.29) is 0 Å². The molecule has 0 radical (unpaired) electrons. The van der Waals surface area contributed by atoms with Crippen LogP contribution in [0.2, 0.25) is 0 Å². The average Bonchev–Trinajstić information content (AvgIpc) is 2.27. The minimum Gasteiger partial charge on any atom is -0.311 e. The molecule has 0 aliphatic carbocycles. The van der Waals surface area contributed by atoms with Crippen LogP contribution in [0, 0.1) is 5.92 Å². The summed E-state index contributed by atoms with van der Waals surface area (Å²) in [4.78, 5) is 2.48. The summed E-state index contributed by atoms with van der Waals surface area (Å²) in [5.41, 5.74) is 0. The smallest absolute Gasteiger partial charge is 0.0385 e. The lowest BCUT2D eigenvalue weighted by Crippen LogP contribution is -2.56. The van der Waals surface area contributed by atoms with Crippen LogP contribution in [-0.2, 0) is 10.8 Å². The standard InChI is InChI=1S/C12H26N2OS/c1-5-10(2)12-8-14(7-6-13-12)11(3)9-16(4)15/h10-13H,5-9H2,1-4H3. The maximum absolute atomic E-state index is 11.2. The van der Waals surface area contributed by atoms with Gasteiger partial charge >= 0.3 is 0 Å². The zero-order valence-corrected chi connectivity index (χ0v) is 11.8. The summed E-state index contributed by atoms with van der Waals surface area (Å²) in [6.07, 6.45) is 3.02. The second-order valence-electron chi connectivity index (χ2n) is 5.03. The highest BCUT2D eigenvalue weighted by molar-refractivity contribution is 7.84. The predicted molar refractivity (Wildman–Crippen MR) is 71.2 cm³/mol. The second kappa shape index (κ2) is 6.72. The Morgan fingerprint density at radius 2 is 2.19 bits per heavy atom. The Hall–Kier alpha value is 0.0700. The molecule has 0 aromatic rings. The number of nitrogens with one attached hydrogen (secondary N) is 1. The quantitative estimate of drug-likeness (QED) is 0.788. The van der Waals surface area contributed by atoms with Gasteiger partial charge in [-0.25, -0.2) is 0 Å². The van der Waals surface area contributed by atoms with Gasteiger partial charge in [0.25, 0.3) is 0 Å². The molecule has 16 heavy (non-hydrogen) atoms. The number of rotatable bonds is 5. The van der Waals surface area contributed by atoms with Gasteiger partial charge in [-0.1, -0.05) is 20.3 Å². The van der Waals surface area contributed by atoms with Crippen molar-refractivity contribution in [3.05, 3.63) is 0 Å². The van der Waals surface area contributed by atoms with Crippen LogP contribution in [0.25, 0.3) is 0 Å². The fraction of sp³-hybridized carbons (Fsp3) is 1.00. The van der Waals surface area contributed by atoms with E-state index < -0.39 is 10.8 Å². The summed E-state index contributed by atoms with van der Waals surface area (Å²) in [6, 6.07) is 1.05. The van der Waals surface area contributed by atoms with E-state index in [1.807, 2.05) is 0 Å². The Labute approximate surface area is 102 Å². The third kappa shape index (κ3) is 4.15. The Kier molecular flexibility index (Phi) is 5.94. The third-order valence-corrected chi connectivity index (χ3v) is 4.62. The molecule has 0 spiro atoms. The third-order valence-electron chi connectivity index (χ3n) is 3.67. The molecule has 1 fully saturated rings. The van der Waals surface area contributed by atoms with Crippen LogP contribution in [-0.4, -0.2) is 52.8 Å². The second-order valence-corrected chi connectivity index (χ2v) is 6.51. The zero-order chi connectivity index (χ0) is 12.1. The van der Waals surface area contributed by atoms with E-state index in [9.17, 15) is 4.21 Å². The first-order valence-electron chi connectivity index (χ1n) is 6.32. The molecule has 4 unspecified atom stereocenters. The van der Waals surface area contributed by atoms with Gasteiger partial charge in [0.05, 0.1) is 0 Å². The van der Waals surface area contributed by atoms with Crippen molar-refractivity contribution in [1.29, 1.82) is 0 Å². The van der Waals surface area contributed by atoms with Gasteiger partial charge in [0.15, 0.2) is 0 Å². The Morgan fingerprint density at radius 1 is 1.50 bits per heavy atom. The average molecular weight is 246 g/mol. The lowest BCUT2D eigenvalue weighted by Gasteiger charge is -2.39. The summed E-state index contributed by atoms with van der Waals surface area (Å²) in [5, 5.41) is 3.59. The zero-order valence-electron chi connectivity index (χ0n) is 11.0. The van der Waals surface area contributed by atoms with Gasteiger partial charge in [-0.05, 0) is 12.8 Å². The molecule has 1 heterocycles. The summed E-state index contributed by atoms with van der Waals surface area (Å²) >= 11 is 0. The Morgan fingerprint density at radius 3 is 2.75 bits per heavy atom. The maximum Gasteiger partial charge on any atom is 0.0385 e. The van der Waals surface area contributed by atoms with Crippen LogP contribution >= 0.6 is 0 Å². The lowest BCUT2D eigenvalue weighted by atomic mass is 9.97. The molecule has 1 aliphatic rings. The molecular weight excluding hydrogens is 220 g/mol. The van der Waals surface area contributed by atoms with Crippen molar-refractivity contribution in [2.45, 2.75) is 39.3 Å². The molecule has 1 aliphatic heterocycles. The molecule has 4 atom stereocenters. The molecular formula is C12H26N2OS. The van der Waals surface area contributed by atoms with Crippen LogP contribution < -0.4 is 5.32 Å². The van der Waals surface area contributed by atoms with Crippen LogP contribution in [0.3, 0.4) is 0 Å². The van der Waals surface area contributed by atoms with E-state index in [0.717, 1.165) is 31.3 Å². The van der Waals surface area contributed by atoms with E-state index in [4.69, 9.17) is 0 Å². The lowest BCUT2D eigenvalue weighted by molar-refractivity contribution is 0.139. The largest absolute Gasteiger partial charge is 0.311 e. The highest BCUT2D eigenvalue weighted by Crippen LogP contribution is 2.14. The van der Waals surface area contributed by atoms with Gasteiger partial charge in [0, 0.05) is 54.5 Å². The van der Waals surface area contributed by atoms with Crippen LogP contribution in [0.1, 0.15) is 27.2 Å². The molecule has 3 nitrogen and oxygen atoms in total. The Bertz CT molecular complexity index is 235. The van der Waals surface area contributed by atoms with E-state index in [0.29, 0.717) is 12.1 Å². The molecule has 96 valence electrons. The monoisotopic (exact) mass is 246 g/mol. The SMILES string of the molecule is CCC(C)C1CN(C(C)CS(C)=O)CCN1. The number of hydrogen-bond donors (Lipinski definition) is 1. The van der Waals surface area contributed by atoms with E-state index >= 15 is 0 Å². The van der Waals surface area contributed by atoms with Crippen LogP contribution in [0.5, 0.6) is 0 Å². The number of nitrogens with zero attached hydrogens (tertiary/aromatic N) is 1. The van der Waals surface area contributed by atoms with Crippen molar-refractivity contribution in [2.75, 3.05) is 31.6 Å². The minimum atomic E-state index is -0.683. The highest BCUT2D eigenvalue weighted by atomic mass is 32.2. The van der Waals surface area contributed by atoms with Crippen molar-refractivity contribution < 1.29 is 4.21 Å². The van der Waals surface area contributed by atoms with Gasteiger partial charge in [-0.15, -0.1) is 0 Å². The molecule has 0 amide bonds. The van der Waals surface area contributed by atoms with Crippen molar-refractivity contribution >= 4 is 10.8 Å². The van der Waals surface area contributed by atoms with Crippen molar-refractivity contribution in [2.24, 2.45) is 5.92 Å². The molecule has 0 aromatic heterocycles. The minimum absolute atomic E-state index is 0.444. The topological polar surface area (TPSA) is 32.3 Å². The first-order valence-corrected chi connectivity index (χ1v) is 8.04. The predicted octanol–water partition coefficient (Wildman–Crippen LogP) is 1.07. The van der Waals surface area contributed by atoms with Gasteiger partial charge in [0.1, 0.15) is 0 Å². The van der Waals surface area contributed by atoms with Crippen molar-refractivity contribution in [1.82, 2.24) is 10.2 Å². The summed E-state index contributed by atoms with van der Waals surface area (Å²) in [5.74, 6) is 1.52. The van der Waals surface area contributed by atoms with Crippen molar-refractivity contribution in [3.8, 4) is 0 Å². The summed E-state index contributed by atoms with van der Waals surface area (Å²) in [7, 11) is -0.683. The normalized spacial score (nSPS) is 28.6. The summed E-state index contributed by atoms with van der Waals surface area (Å²) < 4.78 is 11.2. The molecule has 0 bridgehead atoms. The Balaban J connectivity index is 2.46. The van der Waals surface area contributed by atoms with E-state index in [2.05, 4.69) is 31.0 Å². The van der Waals surface area contributed by atoms with Crippen LogP contribution in [0.4, 0.5) is 0 Å². The number of hydrogen-bond acceptors (Lipinski definition) is 3. The number of piperazine rings is 1. The fourth-order valence-corrected chi connectivity index (χ4v) is 3.20. The van der Waals surface area contributed by atoms with E-state index in [1.165, 1.54) is 6.42 Å². The van der Waals surface area contributed by atoms with Gasteiger partial charge in [0.2, 0.25) is 0 Å². The fourth-order valence-electron chi connectivity index (χ4n) is 2.31. The molecule has 0 saturated carbocycles. The van der Waals surface area contributed by atoms with Gasteiger partial charge < -0.3 is 5.32 Å². The first kappa shape index (κ1) is 14.1. The molecule has 1 N–H and O–H groups in total. The van der Waals surface area contributed by atoms with Gasteiger partial charge in [-0.2, -0.15) is 0 Å². The first-order chi connectivity index (χ1) is 7.54. The molecule has 4 heteroatoms. The maximum atomic E-state index is 11.2. The van der Waals surface area contributed by atoms with Gasteiger partial charge in [-0.3, -0.25) is 9.11 Å². The highest BCUT2D eigenvalue weighted by Gasteiger charge is 2.26. The molecule has 1 saturated heterocycles. The van der Waals surface area contributed by atoms with Crippen LogP contribution in [0.15, 0.2) is 0 Å². The molecule has 1 rings (SSSR count). The molecule has 0 aromatic carbocycles. The summed E-state index contributed by atoms with van der Waals surface area (Å²) in [6.45, 7) is 10.0. The van der Waals surface area contributed by atoms with Crippen molar-refractivity contribution in [3.63, 3.8) is 0 Å².